The lowest BCUT2D eigenvalue weighted by Crippen LogP contribution is -2.16. The predicted octanol–water partition coefficient (Wildman–Crippen LogP) is 7.15. The van der Waals surface area contributed by atoms with Crippen LogP contribution in [0.2, 0.25) is 0 Å². The van der Waals surface area contributed by atoms with Crippen molar-refractivity contribution in [1.82, 2.24) is 0 Å². The van der Waals surface area contributed by atoms with Gasteiger partial charge in [0, 0.05) is 0 Å². The van der Waals surface area contributed by atoms with Gasteiger partial charge in [0.05, 0.1) is 0 Å². The van der Waals surface area contributed by atoms with Gasteiger partial charge in [0.15, 0.2) is 0 Å². The van der Waals surface area contributed by atoms with Crippen molar-refractivity contribution in [1.29, 1.82) is 0 Å². The van der Waals surface area contributed by atoms with Gasteiger partial charge in [-0.1, -0.05) is 91.7 Å². The van der Waals surface area contributed by atoms with E-state index in [9.17, 15) is 0 Å². The smallest absolute Gasteiger partial charge is 0.0320 e. The second-order valence-electron chi connectivity index (χ2n) is 7.24. The summed E-state index contributed by atoms with van der Waals surface area (Å²) in [5, 5.41) is 0. The maximum Gasteiger partial charge on any atom is -0.0320 e. The van der Waals surface area contributed by atoms with E-state index < -0.39 is 0 Å². The molecular weight excluding hydrogens is 228 g/mol. The minimum Gasteiger partial charge on any atom is -0.0885 e. The van der Waals surface area contributed by atoms with Crippen molar-refractivity contribution in [3.8, 4) is 0 Å². The standard InChI is InChI=1S/C19H38/c1-6-7-8-9-10-11-12-13-14-15-16-17-18(2)19(3,4)5/h15-16,18H,6-14,17H2,1-5H3. The van der Waals surface area contributed by atoms with Gasteiger partial charge in [0.2, 0.25) is 0 Å². The van der Waals surface area contributed by atoms with Crippen LogP contribution in [0, 0.1) is 11.3 Å². The van der Waals surface area contributed by atoms with Crippen LogP contribution in [-0.4, -0.2) is 0 Å². The minimum absolute atomic E-state index is 0.447. The Morgan fingerprint density at radius 3 is 1.84 bits per heavy atom. The molecule has 0 aromatic heterocycles. The van der Waals surface area contributed by atoms with Crippen molar-refractivity contribution in [2.75, 3.05) is 0 Å². The number of unbranched alkanes of at least 4 members (excludes halogenated alkanes) is 8. The van der Waals surface area contributed by atoms with Crippen molar-refractivity contribution in [3.63, 3.8) is 0 Å². The normalized spacial score (nSPS) is 14.2. The first-order valence-corrected chi connectivity index (χ1v) is 8.63. The van der Waals surface area contributed by atoms with E-state index >= 15 is 0 Å². The molecule has 0 spiro atoms. The monoisotopic (exact) mass is 266 g/mol. The molecule has 1 unspecified atom stereocenters. The van der Waals surface area contributed by atoms with E-state index in [0.717, 1.165) is 5.92 Å². The van der Waals surface area contributed by atoms with E-state index in [1.807, 2.05) is 0 Å². The second kappa shape index (κ2) is 11.6. The van der Waals surface area contributed by atoms with Crippen LogP contribution < -0.4 is 0 Å². The maximum atomic E-state index is 2.40. The largest absolute Gasteiger partial charge is 0.0885 e. The molecule has 0 radical (unpaired) electrons. The van der Waals surface area contributed by atoms with Crippen molar-refractivity contribution < 1.29 is 0 Å². The van der Waals surface area contributed by atoms with E-state index in [4.69, 9.17) is 0 Å². The Morgan fingerprint density at radius 2 is 1.32 bits per heavy atom. The molecule has 0 rings (SSSR count). The van der Waals surface area contributed by atoms with Crippen LogP contribution in [0.25, 0.3) is 0 Å². The number of allylic oxidation sites excluding steroid dienone is 2. The van der Waals surface area contributed by atoms with Crippen molar-refractivity contribution >= 4 is 0 Å². The summed E-state index contributed by atoms with van der Waals surface area (Å²) >= 11 is 0. The third kappa shape index (κ3) is 12.5. The molecule has 0 aromatic rings. The van der Waals surface area contributed by atoms with E-state index in [1.165, 1.54) is 64.2 Å². The molecule has 19 heavy (non-hydrogen) atoms. The molecular formula is C19H38. The topological polar surface area (TPSA) is 0 Å². The fourth-order valence-corrected chi connectivity index (χ4v) is 2.17. The molecule has 0 aliphatic rings. The van der Waals surface area contributed by atoms with Gasteiger partial charge in [-0.05, 0) is 30.6 Å². The van der Waals surface area contributed by atoms with Gasteiger partial charge in [0.1, 0.15) is 0 Å². The lowest BCUT2D eigenvalue weighted by atomic mass is 9.80. The Balaban J connectivity index is 3.30. The van der Waals surface area contributed by atoms with Gasteiger partial charge in [-0.15, -0.1) is 0 Å². The predicted molar refractivity (Wildman–Crippen MR) is 89.6 cm³/mol. The molecule has 0 N–H and O–H groups in total. The van der Waals surface area contributed by atoms with Gasteiger partial charge in [0.25, 0.3) is 0 Å². The molecule has 0 saturated carbocycles. The summed E-state index contributed by atoms with van der Waals surface area (Å²) in [5.74, 6) is 0.780. The summed E-state index contributed by atoms with van der Waals surface area (Å²) in [6.45, 7) is 11.7. The van der Waals surface area contributed by atoms with Crippen LogP contribution in [0.15, 0.2) is 12.2 Å². The van der Waals surface area contributed by atoms with Crippen LogP contribution in [0.1, 0.15) is 98.8 Å². The number of hydrogen-bond donors (Lipinski definition) is 0. The van der Waals surface area contributed by atoms with E-state index in [0.29, 0.717) is 5.41 Å². The number of hydrogen-bond acceptors (Lipinski definition) is 0. The zero-order valence-electron chi connectivity index (χ0n) is 14.3. The molecule has 0 fully saturated rings. The maximum absolute atomic E-state index is 2.40. The fourth-order valence-electron chi connectivity index (χ4n) is 2.17. The highest BCUT2D eigenvalue weighted by Gasteiger charge is 2.17. The summed E-state index contributed by atoms with van der Waals surface area (Å²) < 4.78 is 0. The van der Waals surface area contributed by atoms with Crippen LogP contribution in [-0.2, 0) is 0 Å². The van der Waals surface area contributed by atoms with Gasteiger partial charge in [-0.25, -0.2) is 0 Å². The lowest BCUT2D eigenvalue weighted by molar-refractivity contribution is 0.264. The molecule has 1 atom stereocenters. The van der Waals surface area contributed by atoms with Crippen molar-refractivity contribution in [2.45, 2.75) is 98.8 Å². The summed E-state index contributed by atoms with van der Waals surface area (Å²) in [5.41, 5.74) is 0.447. The molecule has 0 saturated heterocycles. The fraction of sp³-hybridized carbons (Fsp3) is 0.895. The SMILES string of the molecule is CCCCCCCCCCC=CCC(C)C(C)(C)C. The van der Waals surface area contributed by atoms with Gasteiger partial charge >= 0.3 is 0 Å². The van der Waals surface area contributed by atoms with Gasteiger partial charge in [-0.3, -0.25) is 0 Å². The molecule has 0 aromatic carbocycles. The third-order valence-electron chi connectivity index (χ3n) is 4.36. The molecule has 0 nitrogen and oxygen atoms in total. The van der Waals surface area contributed by atoms with E-state index in [1.54, 1.807) is 0 Å². The zero-order chi connectivity index (χ0) is 14.6. The first kappa shape index (κ1) is 18.7. The van der Waals surface area contributed by atoms with Crippen LogP contribution in [0.3, 0.4) is 0 Å². The summed E-state index contributed by atoms with van der Waals surface area (Å²) in [7, 11) is 0. The Hall–Kier alpha value is -0.260. The van der Waals surface area contributed by atoms with Crippen molar-refractivity contribution in [2.24, 2.45) is 11.3 Å². The Morgan fingerprint density at radius 1 is 0.789 bits per heavy atom. The zero-order valence-corrected chi connectivity index (χ0v) is 14.3. The van der Waals surface area contributed by atoms with Gasteiger partial charge < -0.3 is 0 Å². The number of rotatable bonds is 11. The molecule has 0 heterocycles. The Labute approximate surface area is 123 Å². The minimum atomic E-state index is 0.447. The highest BCUT2D eigenvalue weighted by molar-refractivity contribution is 4.86. The highest BCUT2D eigenvalue weighted by Crippen LogP contribution is 2.28. The lowest BCUT2D eigenvalue weighted by Gasteiger charge is -2.25. The first-order valence-electron chi connectivity index (χ1n) is 8.63. The first-order chi connectivity index (χ1) is 8.98. The van der Waals surface area contributed by atoms with Crippen LogP contribution in [0.4, 0.5) is 0 Å². The molecule has 0 heteroatoms. The molecule has 0 aliphatic carbocycles. The average Bonchev–Trinajstić information content (AvgIpc) is 2.34. The molecule has 0 amide bonds. The van der Waals surface area contributed by atoms with Crippen molar-refractivity contribution in [3.05, 3.63) is 12.2 Å². The molecule has 114 valence electrons. The summed E-state index contributed by atoms with van der Waals surface area (Å²) in [4.78, 5) is 0. The third-order valence-corrected chi connectivity index (χ3v) is 4.36. The van der Waals surface area contributed by atoms with E-state index in [-0.39, 0.29) is 0 Å². The molecule has 0 aliphatic heterocycles. The summed E-state index contributed by atoms with van der Waals surface area (Å²) in [6.07, 6.45) is 18.7. The second-order valence-corrected chi connectivity index (χ2v) is 7.24. The van der Waals surface area contributed by atoms with Crippen LogP contribution >= 0.6 is 0 Å². The Kier molecular flexibility index (Phi) is 11.4. The van der Waals surface area contributed by atoms with Crippen LogP contribution in [0.5, 0.6) is 0 Å². The summed E-state index contributed by atoms with van der Waals surface area (Å²) in [6, 6.07) is 0. The van der Waals surface area contributed by atoms with Gasteiger partial charge in [-0.2, -0.15) is 0 Å². The molecule has 0 bridgehead atoms. The average molecular weight is 267 g/mol. The van der Waals surface area contributed by atoms with E-state index in [2.05, 4.69) is 46.8 Å². The highest BCUT2D eigenvalue weighted by atomic mass is 14.2. The quantitative estimate of drug-likeness (QED) is 0.275. The Bertz CT molecular complexity index is 207.